The number of hydrogen-bond donors (Lipinski definition) is 3. The van der Waals surface area contributed by atoms with Gasteiger partial charge in [0, 0.05) is 13.1 Å². The van der Waals surface area contributed by atoms with Crippen LogP contribution in [0.2, 0.25) is 0 Å². The van der Waals surface area contributed by atoms with Crippen molar-refractivity contribution in [2.45, 2.75) is 187 Å². The normalized spacial score (nSPS) is 13.5. The molecule has 0 aromatic carbocycles. The average Bonchev–Trinajstić information content (AvgIpc) is 2.88. The number of rotatable bonds is 31. The molecule has 0 aliphatic heterocycles. The van der Waals surface area contributed by atoms with E-state index in [-0.39, 0.29) is 12.2 Å². The second kappa shape index (κ2) is 30.8. The Hall–Kier alpha value is 0.230. The van der Waals surface area contributed by atoms with E-state index in [0.29, 0.717) is 13.1 Å². The van der Waals surface area contributed by atoms with Crippen LogP contribution >= 0.6 is 12.6 Å². The molecule has 4 heteroatoms. The molecule has 0 fully saturated rings. The summed E-state index contributed by atoms with van der Waals surface area (Å²) < 4.78 is 0. The molecule has 0 saturated heterocycles. The molecule has 0 rings (SSSR count). The highest BCUT2D eigenvalue weighted by Crippen LogP contribution is 2.15. The van der Waals surface area contributed by atoms with Crippen LogP contribution in [0.3, 0.4) is 0 Å². The molecule has 0 spiro atoms. The predicted molar refractivity (Wildman–Crippen MR) is 169 cm³/mol. The number of nitrogens with zero attached hydrogens (tertiary/aromatic N) is 1. The summed E-state index contributed by atoms with van der Waals surface area (Å²) in [5.74, 6) is 0.913. The first-order valence-corrected chi connectivity index (χ1v) is 17.5. The second-order valence-electron chi connectivity index (χ2n) is 11.8. The van der Waals surface area contributed by atoms with E-state index in [1.54, 1.807) is 0 Å². The maximum Gasteiger partial charge on any atom is 0.0667 e. The number of unbranched alkanes of at least 4 members (excludes halogenated alkanes) is 20. The van der Waals surface area contributed by atoms with Crippen LogP contribution in [0.1, 0.15) is 174 Å². The van der Waals surface area contributed by atoms with Crippen LogP contribution in [-0.4, -0.2) is 52.7 Å². The van der Waals surface area contributed by atoms with E-state index in [2.05, 4.69) is 31.4 Å². The molecule has 0 heterocycles. The average molecular weight is 544 g/mol. The van der Waals surface area contributed by atoms with Crippen LogP contribution in [0, 0.1) is 0 Å². The summed E-state index contributed by atoms with van der Waals surface area (Å²) in [6.45, 7) is 6.93. The van der Waals surface area contributed by atoms with E-state index >= 15 is 0 Å². The van der Waals surface area contributed by atoms with Gasteiger partial charge in [-0.05, 0) is 38.0 Å². The molecule has 0 aliphatic rings. The molecule has 0 amide bonds. The van der Waals surface area contributed by atoms with Crippen molar-refractivity contribution < 1.29 is 10.2 Å². The molecule has 2 unspecified atom stereocenters. The third kappa shape index (κ3) is 29.0. The van der Waals surface area contributed by atoms with E-state index in [9.17, 15) is 10.2 Å². The molecule has 37 heavy (non-hydrogen) atoms. The third-order valence-corrected chi connectivity index (χ3v) is 8.17. The highest BCUT2D eigenvalue weighted by molar-refractivity contribution is 7.80. The highest BCUT2D eigenvalue weighted by Gasteiger charge is 2.15. The van der Waals surface area contributed by atoms with Gasteiger partial charge in [-0.2, -0.15) is 12.6 Å². The Morgan fingerprint density at radius 3 is 1.11 bits per heavy atom. The molecule has 0 aromatic rings. The topological polar surface area (TPSA) is 43.7 Å². The quantitative estimate of drug-likeness (QED) is 0.0602. The number of hydrogen-bond acceptors (Lipinski definition) is 4. The maximum atomic E-state index is 10.7. The summed E-state index contributed by atoms with van der Waals surface area (Å²) in [6.07, 6.45) is 31.6. The second-order valence-corrected chi connectivity index (χ2v) is 12.2. The fourth-order valence-corrected chi connectivity index (χ4v) is 5.62. The summed E-state index contributed by atoms with van der Waals surface area (Å²) in [5.41, 5.74) is 0. The summed E-state index contributed by atoms with van der Waals surface area (Å²) in [5, 5.41) is 21.3. The lowest BCUT2D eigenvalue weighted by Crippen LogP contribution is -2.38. The van der Waals surface area contributed by atoms with Gasteiger partial charge in [-0.15, -0.1) is 0 Å². The van der Waals surface area contributed by atoms with Crippen molar-refractivity contribution in [2.24, 2.45) is 0 Å². The van der Waals surface area contributed by atoms with Crippen molar-refractivity contribution in [1.82, 2.24) is 4.90 Å². The fraction of sp³-hybridized carbons (Fsp3) is 1.00. The first-order chi connectivity index (χ1) is 18.1. The Morgan fingerprint density at radius 1 is 0.459 bits per heavy atom. The molecule has 0 radical (unpaired) electrons. The van der Waals surface area contributed by atoms with Gasteiger partial charge in [0.25, 0.3) is 0 Å². The molecule has 2 atom stereocenters. The minimum atomic E-state index is -0.265. The van der Waals surface area contributed by atoms with Crippen molar-refractivity contribution in [3.8, 4) is 0 Å². The molecule has 0 saturated carbocycles. The third-order valence-electron chi connectivity index (χ3n) is 7.85. The van der Waals surface area contributed by atoms with Crippen molar-refractivity contribution in [1.29, 1.82) is 0 Å². The van der Waals surface area contributed by atoms with E-state index in [1.807, 2.05) is 0 Å². The van der Waals surface area contributed by atoms with Crippen molar-refractivity contribution in [3.63, 3.8) is 0 Å². The van der Waals surface area contributed by atoms with Crippen molar-refractivity contribution in [3.05, 3.63) is 0 Å². The van der Waals surface area contributed by atoms with E-state index in [4.69, 9.17) is 0 Å². The lowest BCUT2D eigenvalue weighted by Gasteiger charge is -2.27. The molecular formula is C33H69NO2S. The Balaban J connectivity index is 3.89. The van der Waals surface area contributed by atoms with Crippen LogP contribution in [0.15, 0.2) is 0 Å². The minimum Gasteiger partial charge on any atom is -0.392 e. The summed E-state index contributed by atoms with van der Waals surface area (Å²) >= 11 is 4.35. The van der Waals surface area contributed by atoms with Gasteiger partial charge in [-0.1, -0.05) is 149 Å². The summed E-state index contributed by atoms with van der Waals surface area (Å²) in [7, 11) is 0. The molecule has 224 valence electrons. The standard InChI is InChI=1S/C33H69NO2S/c1-3-5-7-9-11-13-15-17-19-21-23-27-33(36)31-34(28-24-25-29-37)30-32(35)26-22-20-18-16-14-12-10-8-6-4-2/h32-33,35-37H,3-31H2,1-2H3. The molecule has 0 bridgehead atoms. The van der Waals surface area contributed by atoms with Gasteiger partial charge < -0.3 is 10.2 Å². The Morgan fingerprint density at radius 2 is 0.784 bits per heavy atom. The van der Waals surface area contributed by atoms with Gasteiger partial charge >= 0.3 is 0 Å². The molecular weight excluding hydrogens is 474 g/mol. The van der Waals surface area contributed by atoms with Crippen LogP contribution in [-0.2, 0) is 0 Å². The van der Waals surface area contributed by atoms with Crippen LogP contribution in [0.4, 0.5) is 0 Å². The van der Waals surface area contributed by atoms with Gasteiger partial charge in [0.1, 0.15) is 0 Å². The molecule has 0 aliphatic carbocycles. The molecule has 2 N–H and O–H groups in total. The smallest absolute Gasteiger partial charge is 0.0667 e. The van der Waals surface area contributed by atoms with Crippen LogP contribution in [0.5, 0.6) is 0 Å². The Bertz CT molecular complexity index is 423. The van der Waals surface area contributed by atoms with Gasteiger partial charge in [0.15, 0.2) is 0 Å². The van der Waals surface area contributed by atoms with Crippen molar-refractivity contribution in [2.75, 3.05) is 25.4 Å². The predicted octanol–water partition coefficient (Wildman–Crippen LogP) is 9.73. The molecule has 3 nitrogen and oxygen atoms in total. The zero-order valence-electron chi connectivity index (χ0n) is 25.4. The van der Waals surface area contributed by atoms with Gasteiger partial charge in [0.05, 0.1) is 12.2 Å². The van der Waals surface area contributed by atoms with Gasteiger partial charge in [-0.25, -0.2) is 0 Å². The van der Waals surface area contributed by atoms with E-state index < -0.39 is 0 Å². The Labute approximate surface area is 239 Å². The van der Waals surface area contributed by atoms with Crippen LogP contribution in [0.25, 0.3) is 0 Å². The zero-order chi connectivity index (χ0) is 27.2. The molecule has 0 aromatic heterocycles. The lowest BCUT2D eigenvalue weighted by atomic mass is 10.0. The fourth-order valence-electron chi connectivity index (χ4n) is 5.39. The van der Waals surface area contributed by atoms with Gasteiger partial charge in [0.2, 0.25) is 0 Å². The number of aliphatic hydroxyl groups is 2. The largest absolute Gasteiger partial charge is 0.392 e. The zero-order valence-corrected chi connectivity index (χ0v) is 26.3. The Kier molecular flexibility index (Phi) is 31.0. The van der Waals surface area contributed by atoms with Crippen molar-refractivity contribution >= 4 is 12.6 Å². The minimum absolute atomic E-state index is 0.265. The maximum absolute atomic E-state index is 10.7. The first kappa shape index (κ1) is 37.2. The van der Waals surface area contributed by atoms with E-state index in [0.717, 1.165) is 50.8 Å². The number of thiol groups is 1. The first-order valence-electron chi connectivity index (χ1n) is 16.8. The van der Waals surface area contributed by atoms with Crippen LogP contribution < -0.4 is 0 Å². The van der Waals surface area contributed by atoms with E-state index in [1.165, 1.54) is 122 Å². The summed E-state index contributed by atoms with van der Waals surface area (Å²) in [6, 6.07) is 0. The summed E-state index contributed by atoms with van der Waals surface area (Å²) in [4.78, 5) is 2.31. The SMILES string of the molecule is CCCCCCCCCCCCCC(O)CN(CCCCS)CC(O)CCCCCCCCCCCC. The lowest BCUT2D eigenvalue weighted by molar-refractivity contribution is 0.0599. The number of aliphatic hydroxyl groups excluding tert-OH is 2. The monoisotopic (exact) mass is 544 g/mol. The van der Waals surface area contributed by atoms with Gasteiger partial charge in [-0.3, -0.25) is 4.90 Å². The highest BCUT2D eigenvalue weighted by atomic mass is 32.1.